The van der Waals surface area contributed by atoms with Crippen LogP contribution in [0.1, 0.15) is 5.56 Å². The molecule has 114 valence electrons. The van der Waals surface area contributed by atoms with Gasteiger partial charge < -0.3 is 4.90 Å². The van der Waals surface area contributed by atoms with Gasteiger partial charge >= 0.3 is 0 Å². The van der Waals surface area contributed by atoms with Crippen LogP contribution in [-0.4, -0.2) is 19.0 Å². The Bertz CT molecular complexity index is 620. The Morgan fingerprint density at radius 1 is 0.952 bits per heavy atom. The van der Waals surface area contributed by atoms with Crippen molar-refractivity contribution in [1.82, 2.24) is 4.90 Å². The fourth-order valence-electron chi connectivity index (χ4n) is 1.78. The van der Waals surface area contributed by atoms with Crippen molar-refractivity contribution >= 4 is 24.2 Å². The van der Waals surface area contributed by atoms with Crippen molar-refractivity contribution in [2.45, 2.75) is 16.3 Å². The van der Waals surface area contributed by atoms with E-state index in [1.54, 1.807) is 6.07 Å². The van der Waals surface area contributed by atoms with Gasteiger partial charge in [0.15, 0.2) is 11.6 Å². The van der Waals surface area contributed by atoms with E-state index in [1.165, 1.54) is 30.0 Å². The summed E-state index contributed by atoms with van der Waals surface area (Å²) in [6.07, 6.45) is 0. The summed E-state index contributed by atoms with van der Waals surface area (Å²) < 4.78 is 39.4. The SMILES string of the molecule is CN(C)Cc1cc(F)ccc1Sc1ccc(F)c(F)c1.Cl. The number of hydrogen-bond acceptors (Lipinski definition) is 2. The van der Waals surface area contributed by atoms with Crippen LogP contribution in [0.25, 0.3) is 0 Å². The molecule has 0 aromatic heterocycles. The van der Waals surface area contributed by atoms with E-state index in [4.69, 9.17) is 0 Å². The van der Waals surface area contributed by atoms with E-state index in [2.05, 4.69) is 0 Å². The van der Waals surface area contributed by atoms with Crippen molar-refractivity contribution in [2.75, 3.05) is 14.1 Å². The van der Waals surface area contributed by atoms with Crippen molar-refractivity contribution in [3.8, 4) is 0 Å². The minimum Gasteiger partial charge on any atom is -0.305 e. The molecule has 0 fully saturated rings. The molecule has 0 aliphatic heterocycles. The predicted octanol–water partition coefficient (Wildman–Crippen LogP) is 4.74. The van der Waals surface area contributed by atoms with Gasteiger partial charge in [0, 0.05) is 16.3 Å². The summed E-state index contributed by atoms with van der Waals surface area (Å²) in [5.41, 5.74) is 0.810. The van der Waals surface area contributed by atoms with Gasteiger partial charge in [0.2, 0.25) is 0 Å². The molecular weight excluding hydrogens is 319 g/mol. The highest BCUT2D eigenvalue weighted by molar-refractivity contribution is 7.99. The van der Waals surface area contributed by atoms with Crippen LogP contribution < -0.4 is 0 Å². The smallest absolute Gasteiger partial charge is 0.159 e. The third kappa shape index (κ3) is 4.95. The first kappa shape index (κ1) is 17.9. The molecule has 21 heavy (non-hydrogen) atoms. The van der Waals surface area contributed by atoms with Crippen molar-refractivity contribution in [3.63, 3.8) is 0 Å². The molecule has 0 atom stereocenters. The highest BCUT2D eigenvalue weighted by Gasteiger charge is 2.09. The Kier molecular flexibility index (Phi) is 6.58. The average molecular weight is 334 g/mol. The molecule has 0 amide bonds. The summed E-state index contributed by atoms with van der Waals surface area (Å²) in [5.74, 6) is -2.07. The second kappa shape index (κ2) is 7.73. The van der Waals surface area contributed by atoms with Crippen LogP contribution in [0, 0.1) is 17.5 Å². The molecule has 2 rings (SSSR count). The maximum Gasteiger partial charge on any atom is 0.159 e. The first-order valence-corrected chi connectivity index (χ1v) is 6.83. The van der Waals surface area contributed by atoms with E-state index in [-0.39, 0.29) is 18.2 Å². The molecule has 0 saturated carbocycles. The standard InChI is InChI=1S/C15H14F3NS.ClH/c1-19(2)9-10-7-11(16)3-6-15(10)20-12-4-5-13(17)14(18)8-12;/h3-8H,9H2,1-2H3;1H. The summed E-state index contributed by atoms with van der Waals surface area (Å²) in [7, 11) is 3.77. The zero-order chi connectivity index (χ0) is 14.7. The van der Waals surface area contributed by atoms with Crippen LogP contribution >= 0.6 is 24.2 Å². The van der Waals surface area contributed by atoms with Gasteiger partial charge in [0.1, 0.15) is 5.82 Å². The second-order valence-corrected chi connectivity index (χ2v) is 5.78. The maximum absolute atomic E-state index is 13.3. The lowest BCUT2D eigenvalue weighted by molar-refractivity contribution is 0.398. The van der Waals surface area contributed by atoms with Crippen molar-refractivity contribution in [3.05, 3.63) is 59.4 Å². The van der Waals surface area contributed by atoms with Crippen molar-refractivity contribution in [1.29, 1.82) is 0 Å². The van der Waals surface area contributed by atoms with Crippen molar-refractivity contribution < 1.29 is 13.2 Å². The van der Waals surface area contributed by atoms with E-state index in [1.807, 2.05) is 19.0 Å². The minimum atomic E-state index is -0.883. The lowest BCUT2D eigenvalue weighted by atomic mass is 10.2. The monoisotopic (exact) mass is 333 g/mol. The molecule has 0 aliphatic rings. The van der Waals surface area contributed by atoms with Gasteiger partial charge in [-0.05, 0) is 56.1 Å². The lowest BCUT2D eigenvalue weighted by Gasteiger charge is -2.14. The molecule has 1 nitrogen and oxygen atoms in total. The molecule has 2 aromatic rings. The largest absolute Gasteiger partial charge is 0.305 e. The molecule has 0 heterocycles. The average Bonchev–Trinajstić information content (AvgIpc) is 2.36. The van der Waals surface area contributed by atoms with E-state index in [0.29, 0.717) is 11.4 Å². The Morgan fingerprint density at radius 3 is 2.29 bits per heavy atom. The van der Waals surface area contributed by atoms with Gasteiger partial charge in [0.05, 0.1) is 0 Å². The number of halogens is 4. The van der Waals surface area contributed by atoms with E-state index in [9.17, 15) is 13.2 Å². The summed E-state index contributed by atoms with van der Waals surface area (Å²) >= 11 is 1.29. The molecule has 0 radical (unpaired) electrons. The van der Waals surface area contributed by atoms with E-state index >= 15 is 0 Å². The molecule has 0 N–H and O–H groups in total. The van der Waals surface area contributed by atoms with Gasteiger partial charge in [-0.2, -0.15) is 0 Å². The van der Waals surface area contributed by atoms with Gasteiger partial charge in [-0.15, -0.1) is 12.4 Å². The van der Waals surface area contributed by atoms with Crippen LogP contribution in [-0.2, 0) is 6.54 Å². The molecular formula is C15H15ClF3NS. The van der Waals surface area contributed by atoms with Crippen LogP contribution in [0.4, 0.5) is 13.2 Å². The van der Waals surface area contributed by atoms with Crippen LogP contribution in [0.3, 0.4) is 0 Å². The first-order valence-electron chi connectivity index (χ1n) is 6.02. The third-order valence-corrected chi connectivity index (χ3v) is 3.74. The Morgan fingerprint density at radius 2 is 1.67 bits per heavy atom. The Hall–Kier alpha value is -1.17. The summed E-state index contributed by atoms with van der Waals surface area (Å²) in [5, 5.41) is 0. The lowest BCUT2D eigenvalue weighted by Crippen LogP contribution is -2.11. The van der Waals surface area contributed by atoms with E-state index in [0.717, 1.165) is 22.6 Å². The normalized spacial score (nSPS) is 10.6. The number of rotatable bonds is 4. The predicted molar refractivity (Wildman–Crippen MR) is 81.5 cm³/mol. The maximum atomic E-state index is 13.3. The molecule has 0 unspecified atom stereocenters. The molecule has 0 aliphatic carbocycles. The quantitative estimate of drug-likeness (QED) is 0.795. The molecule has 2 aromatic carbocycles. The molecule has 0 saturated heterocycles. The van der Waals surface area contributed by atoms with Crippen LogP contribution in [0.5, 0.6) is 0 Å². The molecule has 6 heteroatoms. The topological polar surface area (TPSA) is 3.24 Å². The van der Waals surface area contributed by atoms with Crippen LogP contribution in [0.2, 0.25) is 0 Å². The Balaban J connectivity index is 0.00000220. The third-order valence-electron chi connectivity index (χ3n) is 2.63. The fourth-order valence-corrected chi connectivity index (χ4v) is 2.72. The van der Waals surface area contributed by atoms with E-state index < -0.39 is 11.6 Å². The van der Waals surface area contributed by atoms with Gasteiger partial charge in [0.25, 0.3) is 0 Å². The number of nitrogens with zero attached hydrogens (tertiary/aromatic N) is 1. The molecule has 0 bridgehead atoms. The fraction of sp³-hybridized carbons (Fsp3) is 0.200. The Labute approximate surface area is 132 Å². The number of benzene rings is 2. The number of hydrogen-bond donors (Lipinski definition) is 0. The van der Waals surface area contributed by atoms with Gasteiger partial charge in [-0.25, -0.2) is 13.2 Å². The zero-order valence-corrected chi connectivity index (χ0v) is 13.2. The second-order valence-electron chi connectivity index (χ2n) is 4.67. The highest BCUT2D eigenvalue weighted by Crippen LogP contribution is 2.32. The summed E-state index contributed by atoms with van der Waals surface area (Å²) in [6, 6.07) is 8.21. The minimum absolute atomic E-state index is 0. The highest BCUT2D eigenvalue weighted by atomic mass is 35.5. The van der Waals surface area contributed by atoms with Gasteiger partial charge in [-0.1, -0.05) is 11.8 Å². The summed E-state index contributed by atoms with van der Waals surface area (Å²) in [6.45, 7) is 0.573. The first-order chi connectivity index (χ1) is 9.45. The van der Waals surface area contributed by atoms with Gasteiger partial charge in [-0.3, -0.25) is 0 Å². The van der Waals surface area contributed by atoms with Crippen LogP contribution in [0.15, 0.2) is 46.2 Å². The zero-order valence-electron chi connectivity index (χ0n) is 11.6. The summed E-state index contributed by atoms with van der Waals surface area (Å²) in [4.78, 5) is 3.32. The van der Waals surface area contributed by atoms with Crippen molar-refractivity contribution in [2.24, 2.45) is 0 Å². The molecule has 0 spiro atoms.